The van der Waals surface area contributed by atoms with Crippen molar-refractivity contribution in [3.8, 4) is 0 Å². The van der Waals surface area contributed by atoms with E-state index in [4.69, 9.17) is 11.6 Å². The lowest BCUT2D eigenvalue weighted by molar-refractivity contribution is -0.113. The highest BCUT2D eigenvalue weighted by atomic mass is 35.5. The smallest absolute Gasteiger partial charge is 0.239 e. The van der Waals surface area contributed by atoms with Gasteiger partial charge in [-0.15, -0.1) is 11.6 Å². The minimum Gasteiger partial charge on any atom is -0.324 e. The summed E-state index contributed by atoms with van der Waals surface area (Å²) < 4.78 is 0. The minimum absolute atomic E-state index is 0.0845. The molecule has 2 aromatic rings. The summed E-state index contributed by atoms with van der Waals surface area (Å²) in [5.41, 5.74) is 4.43. The van der Waals surface area contributed by atoms with Crippen molar-refractivity contribution in [3.05, 3.63) is 65.2 Å². The highest BCUT2D eigenvalue weighted by Gasteiger charge is 2.14. The first-order valence-corrected chi connectivity index (χ1v) is 7.83. The van der Waals surface area contributed by atoms with Gasteiger partial charge in [-0.05, 0) is 19.1 Å². The van der Waals surface area contributed by atoms with Gasteiger partial charge in [0.2, 0.25) is 5.91 Å². The number of benzene rings is 2. The van der Waals surface area contributed by atoms with E-state index >= 15 is 0 Å². The Morgan fingerprint density at radius 3 is 2.48 bits per heavy atom. The van der Waals surface area contributed by atoms with Crippen LogP contribution < -0.4 is 5.32 Å². The van der Waals surface area contributed by atoms with E-state index in [1.54, 1.807) is 5.01 Å². The third kappa shape index (κ3) is 4.57. The Balaban J connectivity index is 2.58. The average Bonchev–Trinajstić information content (AvgIpc) is 2.55. The van der Waals surface area contributed by atoms with E-state index in [1.165, 1.54) is 0 Å². The van der Waals surface area contributed by atoms with Crippen molar-refractivity contribution < 1.29 is 4.79 Å². The van der Waals surface area contributed by atoms with Crippen LogP contribution in [0.1, 0.15) is 16.7 Å². The predicted octanol–water partition coefficient (Wildman–Crippen LogP) is 3.49. The minimum atomic E-state index is -0.242. The largest absolute Gasteiger partial charge is 0.324 e. The molecule has 0 aromatic heterocycles. The summed E-state index contributed by atoms with van der Waals surface area (Å²) in [6.07, 6.45) is 0. The molecule has 120 valence electrons. The molecular weight excluding hydrogens is 310 g/mol. The summed E-state index contributed by atoms with van der Waals surface area (Å²) in [4.78, 5) is 11.7. The molecule has 0 heterocycles. The van der Waals surface area contributed by atoms with Gasteiger partial charge < -0.3 is 10.3 Å². The van der Waals surface area contributed by atoms with Crippen LogP contribution in [0, 0.1) is 6.92 Å². The van der Waals surface area contributed by atoms with Crippen LogP contribution in [0.15, 0.2) is 53.6 Å². The number of nitrogens with one attached hydrogen (secondary N) is 1. The second kappa shape index (κ2) is 7.79. The van der Waals surface area contributed by atoms with Crippen LogP contribution in [0.2, 0.25) is 0 Å². The molecule has 0 aliphatic carbocycles. The van der Waals surface area contributed by atoms with Gasteiger partial charge in [0.25, 0.3) is 0 Å². The number of anilines is 1. The predicted molar refractivity (Wildman–Crippen MR) is 96.3 cm³/mol. The van der Waals surface area contributed by atoms with Crippen LogP contribution in [0.3, 0.4) is 0 Å². The normalized spacial score (nSPS) is 11.2. The summed E-state index contributed by atoms with van der Waals surface area (Å²) in [5.74, 6) is -0.326. The molecule has 0 fully saturated rings. The Bertz CT molecular complexity index is 711. The average molecular weight is 330 g/mol. The van der Waals surface area contributed by atoms with Gasteiger partial charge in [-0.2, -0.15) is 5.10 Å². The molecule has 2 rings (SSSR count). The van der Waals surface area contributed by atoms with Gasteiger partial charge in [-0.3, -0.25) is 4.79 Å². The molecule has 0 bridgehead atoms. The first kappa shape index (κ1) is 17.0. The second-order valence-corrected chi connectivity index (χ2v) is 5.66. The fourth-order valence-corrected chi connectivity index (χ4v) is 2.28. The third-order valence-electron chi connectivity index (χ3n) is 3.17. The molecule has 4 nitrogen and oxygen atoms in total. The molecule has 2 aromatic carbocycles. The number of halogens is 1. The van der Waals surface area contributed by atoms with Crippen LogP contribution in [0.25, 0.3) is 0 Å². The molecule has 0 unspecified atom stereocenters. The fraction of sp³-hybridized carbons (Fsp3) is 0.222. The summed E-state index contributed by atoms with van der Waals surface area (Å²) in [7, 11) is 3.74. The Morgan fingerprint density at radius 2 is 1.87 bits per heavy atom. The van der Waals surface area contributed by atoms with Crippen molar-refractivity contribution in [2.45, 2.75) is 6.92 Å². The van der Waals surface area contributed by atoms with Crippen molar-refractivity contribution in [2.75, 3.05) is 25.3 Å². The standard InChI is InChI=1S/C18H20ClN3O/c1-13-9-10-16(20-17(23)12-19)15(11-13)18(21-22(2)3)14-7-5-4-6-8-14/h4-11H,12H2,1-3H3,(H,20,23)/b21-18-. The molecular formula is C18H20ClN3O. The number of hydrogen-bond donors (Lipinski definition) is 1. The zero-order valence-electron chi connectivity index (χ0n) is 13.5. The highest BCUT2D eigenvalue weighted by molar-refractivity contribution is 6.29. The summed E-state index contributed by atoms with van der Waals surface area (Å²) in [6, 6.07) is 15.7. The number of carbonyl (C=O) groups is 1. The van der Waals surface area contributed by atoms with Crippen molar-refractivity contribution in [1.82, 2.24) is 5.01 Å². The van der Waals surface area contributed by atoms with Crippen molar-refractivity contribution >= 4 is 28.9 Å². The lowest BCUT2D eigenvalue weighted by atomic mass is 9.99. The number of amides is 1. The molecule has 0 saturated heterocycles. The zero-order chi connectivity index (χ0) is 16.8. The van der Waals surface area contributed by atoms with Gasteiger partial charge in [0.05, 0.1) is 11.4 Å². The first-order chi connectivity index (χ1) is 11.0. The molecule has 23 heavy (non-hydrogen) atoms. The highest BCUT2D eigenvalue weighted by Crippen LogP contribution is 2.22. The Kier molecular flexibility index (Phi) is 5.77. The Morgan fingerprint density at radius 1 is 1.17 bits per heavy atom. The van der Waals surface area contributed by atoms with E-state index in [-0.39, 0.29) is 11.8 Å². The van der Waals surface area contributed by atoms with Gasteiger partial charge in [0, 0.05) is 25.2 Å². The van der Waals surface area contributed by atoms with Gasteiger partial charge >= 0.3 is 0 Å². The Labute approximate surface area is 141 Å². The number of rotatable bonds is 5. The SMILES string of the molecule is Cc1ccc(NC(=O)CCl)c(/C(=N\N(C)C)c2ccccc2)c1. The monoisotopic (exact) mass is 329 g/mol. The Hall–Kier alpha value is -2.33. The topological polar surface area (TPSA) is 44.7 Å². The quantitative estimate of drug-likeness (QED) is 0.518. The number of nitrogens with zero attached hydrogens (tertiary/aromatic N) is 2. The van der Waals surface area contributed by atoms with E-state index in [2.05, 4.69) is 10.4 Å². The second-order valence-electron chi connectivity index (χ2n) is 5.39. The molecule has 0 spiro atoms. The van der Waals surface area contributed by atoms with E-state index in [0.29, 0.717) is 5.69 Å². The maximum Gasteiger partial charge on any atom is 0.239 e. The van der Waals surface area contributed by atoms with Crippen LogP contribution >= 0.6 is 11.6 Å². The van der Waals surface area contributed by atoms with Crippen LogP contribution in [0.4, 0.5) is 5.69 Å². The van der Waals surface area contributed by atoms with Crippen molar-refractivity contribution in [3.63, 3.8) is 0 Å². The number of hydrazone groups is 1. The van der Waals surface area contributed by atoms with Gasteiger partial charge in [-0.1, -0.05) is 42.0 Å². The summed E-state index contributed by atoms with van der Waals surface area (Å²) in [6.45, 7) is 2.01. The zero-order valence-corrected chi connectivity index (χ0v) is 14.3. The van der Waals surface area contributed by atoms with E-state index in [9.17, 15) is 4.79 Å². The number of hydrogen-bond acceptors (Lipinski definition) is 3. The molecule has 1 amide bonds. The van der Waals surface area contributed by atoms with Crippen LogP contribution in [-0.4, -0.2) is 36.6 Å². The molecule has 0 radical (unpaired) electrons. The van der Waals surface area contributed by atoms with Gasteiger partial charge in [0.15, 0.2) is 0 Å². The maximum absolute atomic E-state index is 11.7. The number of aryl methyl sites for hydroxylation is 1. The molecule has 5 heteroatoms. The van der Waals surface area contributed by atoms with Crippen LogP contribution in [-0.2, 0) is 4.79 Å². The van der Waals surface area contributed by atoms with E-state index in [1.807, 2.05) is 69.6 Å². The maximum atomic E-state index is 11.7. The number of alkyl halides is 1. The van der Waals surface area contributed by atoms with Crippen molar-refractivity contribution in [1.29, 1.82) is 0 Å². The molecule has 0 atom stereocenters. The third-order valence-corrected chi connectivity index (χ3v) is 3.42. The molecule has 0 saturated carbocycles. The molecule has 1 N–H and O–H groups in total. The van der Waals surface area contributed by atoms with Gasteiger partial charge in [0.1, 0.15) is 5.88 Å². The first-order valence-electron chi connectivity index (χ1n) is 7.29. The lowest BCUT2D eigenvalue weighted by Crippen LogP contribution is -2.18. The molecule has 0 aliphatic rings. The number of carbonyl (C=O) groups excluding carboxylic acids is 1. The van der Waals surface area contributed by atoms with E-state index < -0.39 is 0 Å². The lowest BCUT2D eigenvalue weighted by Gasteiger charge is -2.16. The molecule has 0 aliphatic heterocycles. The van der Waals surface area contributed by atoms with Gasteiger partial charge in [-0.25, -0.2) is 0 Å². The van der Waals surface area contributed by atoms with Crippen molar-refractivity contribution in [2.24, 2.45) is 5.10 Å². The summed E-state index contributed by atoms with van der Waals surface area (Å²) in [5, 5.41) is 9.21. The van der Waals surface area contributed by atoms with E-state index in [0.717, 1.165) is 22.4 Å². The summed E-state index contributed by atoms with van der Waals surface area (Å²) >= 11 is 5.62. The fourth-order valence-electron chi connectivity index (χ4n) is 2.21. The van der Waals surface area contributed by atoms with Crippen LogP contribution in [0.5, 0.6) is 0 Å².